The highest BCUT2D eigenvalue weighted by Gasteiger charge is 2.25. The van der Waals surface area contributed by atoms with Crippen LogP contribution in [0, 0.1) is 0 Å². The number of nitrogens with zero attached hydrogens (tertiary/aromatic N) is 1. The van der Waals surface area contributed by atoms with Gasteiger partial charge in [0.15, 0.2) is 0 Å². The summed E-state index contributed by atoms with van der Waals surface area (Å²) in [6, 6.07) is 9.25. The van der Waals surface area contributed by atoms with E-state index < -0.39 is 12.1 Å². The fourth-order valence-electron chi connectivity index (χ4n) is 2.34. The third kappa shape index (κ3) is 3.31. The zero-order valence-electron chi connectivity index (χ0n) is 10.5. The van der Waals surface area contributed by atoms with Crippen LogP contribution < -0.4 is 5.73 Å². The van der Waals surface area contributed by atoms with Crippen molar-refractivity contribution in [1.29, 1.82) is 0 Å². The Labute approximate surface area is 107 Å². The molecule has 0 aliphatic carbocycles. The van der Waals surface area contributed by atoms with Crippen LogP contribution in [0.15, 0.2) is 30.3 Å². The summed E-state index contributed by atoms with van der Waals surface area (Å²) >= 11 is 0. The van der Waals surface area contributed by atoms with Crippen LogP contribution in [0.5, 0.6) is 0 Å². The van der Waals surface area contributed by atoms with Gasteiger partial charge in [0.05, 0.1) is 12.1 Å². The van der Waals surface area contributed by atoms with Crippen LogP contribution in [0.1, 0.15) is 18.4 Å². The number of nitrogens with two attached hydrogens (primary N) is 1. The molecule has 0 radical (unpaired) electrons. The van der Waals surface area contributed by atoms with Crippen molar-refractivity contribution in [2.75, 3.05) is 13.1 Å². The average Bonchev–Trinajstić information content (AvgIpc) is 2.39. The van der Waals surface area contributed by atoms with Crippen LogP contribution in [-0.2, 0) is 11.2 Å². The molecule has 1 aliphatic rings. The number of carbonyl (C=O) groups excluding carboxylic acids is 1. The minimum atomic E-state index is -0.516. The van der Waals surface area contributed by atoms with Crippen molar-refractivity contribution < 1.29 is 9.90 Å². The first kappa shape index (κ1) is 13.1. The molecule has 1 heterocycles. The molecule has 0 spiro atoms. The first-order chi connectivity index (χ1) is 8.66. The second-order valence-corrected chi connectivity index (χ2v) is 4.88. The van der Waals surface area contributed by atoms with Gasteiger partial charge in [-0.15, -0.1) is 0 Å². The van der Waals surface area contributed by atoms with Gasteiger partial charge in [-0.2, -0.15) is 0 Å². The molecule has 1 aromatic rings. The molecule has 0 bridgehead atoms. The van der Waals surface area contributed by atoms with Crippen molar-refractivity contribution in [1.82, 2.24) is 4.90 Å². The van der Waals surface area contributed by atoms with Crippen molar-refractivity contribution in [2.45, 2.75) is 31.4 Å². The van der Waals surface area contributed by atoms with Gasteiger partial charge in [0.2, 0.25) is 5.91 Å². The van der Waals surface area contributed by atoms with Crippen LogP contribution >= 0.6 is 0 Å². The zero-order valence-corrected chi connectivity index (χ0v) is 10.5. The number of hydrogen-bond acceptors (Lipinski definition) is 3. The monoisotopic (exact) mass is 248 g/mol. The summed E-state index contributed by atoms with van der Waals surface area (Å²) in [6.45, 7) is 1.12. The summed E-state index contributed by atoms with van der Waals surface area (Å²) in [5.74, 6) is -0.0578. The lowest BCUT2D eigenvalue weighted by Crippen LogP contribution is -2.50. The summed E-state index contributed by atoms with van der Waals surface area (Å²) in [5, 5.41) is 9.57. The molecule has 98 valence electrons. The van der Waals surface area contributed by atoms with Gasteiger partial charge in [0.25, 0.3) is 0 Å². The minimum absolute atomic E-state index is 0.0578. The minimum Gasteiger partial charge on any atom is -0.391 e. The number of hydrogen-bond donors (Lipinski definition) is 2. The number of aliphatic hydroxyl groups is 1. The van der Waals surface area contributed by atoms with E-state index in [2.05, 4.69) is 0 Å². The topological polar surface area (TPSA) is 66.6 Å². The molecule has 4 nitrogen and oxygen atoms in total. The van der Waals surface area contributed by atoms with Crippen LogP contribution in [0.3, 0.4) is 0 Å². The summed E-state index contributed by atoms with van der Waals surface area (Å²) in [5.41, 5.74) is 7.02. The summed E-state index contributed by atoms with van der Waals surface area (Å²) in [4.78, 5) is 13.8. The number of likely N-dealkylation sites (tertiary alicyclic amines) is 1. The van der Waals surface area contributed by atoms with Gasteiger partial charge in [0.1, 0.15) is 0 Å². The van der Waals surface area contributed by atoms with E-state index >= 15 is 0 Å². The summed E-state index contributed by atoms with van der Waals surface area (Å²) < 4.78 is 0. The molecule has 1 amide bonds. The standard InChI is InChI=1S/C14H20N2O2/c15-13(9-11-5-2-1-3-6-11)14(18)16-8-4-7-12(17)10-16/h1-3,5-6,12-13,17H,4,7-10,15H2/t12-,13-/m0/s1. The molecular formula is C14H20N2O2. The molecule has 4 heteroatoms. The van der Waals surface area contributed by atoms with Gasteiger partial charge >= 0.3 is 0 Å². The molecule has 0 saturated carbocycles. The number of carbonyl (C=O) groups is 1. The molecule has 2 rings (SSSR count). The SMILES string of the molecule is N[C@@H](Cc1ccccc1)C(=O)N1CCC[C@H](O)C1. The Hall–Kier alpha value is -1.39. The van der Waals surface area contributed by atoms with E-state index in [1.165, 1.54) is 0 Å². The quantitative estimate of drug-likeness (QED) is 0.820. The molecule has 1 fully saturated rings. The van der Waals surface area contributed by atoms with Crippen molar-refractivity contribution >= 4 is 5.91 Å². The third-order valence-corrected chi connectivity index (χ3v) is 3.32. The summed E-state index contributed by atoms with van der Waals surface area (Å²) in [7, 11) is 0. The first-order valence-electron chi connectivity index (χ1n) is 6.43. The second kappa shape index (κ2) is 5.98. The Morgan fingerprint density at radius 1 is 1.44 bits per heavy atom. The predicted octanol–water partition coefficient (Wildman–Crippen LogP) is 0.540. The van der Waals surface area contributed by atoms with Crippen molar-refractivity contribution in [3.63, 3.8) is 0 Å². The Bertz CT molecular complexity index is 394. The van der Waals surface area contributed by atoms with E-state index in [0.717, 1.165) is 18.4 Å². The molecule has 1 aromatic carbocycles. The van der Waals surface area contributed by atoms with Crippen molar-refractivity contribution in [3.05, 3.63) is 35.9 Å². The smallest absolute Gasteiger partial charge is 0.239 e. The number of piperidine rings is 1. The van der Waals surface area contributed by atoms with Gasteiger partial charge in [-0.25, -0.2) is 0 Å². The Morgan fingerprint density at radius 2 is 2.17 bits per heavy atom. The second-order valence-electron chi connectivity index (χ2n) is 4.88. The Balaban J connectivity index is 1.92. The average molecular weight is 248 g/mol. The van der Waals surface area contributed by atoms with Crippen LogP contribution in [-0.4, -0.2) is 41.1 Å². The molecule has 1 saturated heterocycles. The van der Waals surface area contributed by atoms with Crippen LogP contribution in [0.2, 0.25) is 0 Å². The lowest BCUT2D eigenvalue weighted by molar-refractivity contribution is -0.135. The van der Waals surface area contributed by atoms with Gasteiger partial charge < -0.3 is 15.7 Å². The van der Waals surface area contributed by atoms with Crippen molar-refractivity contribution in [3.8, 4) is 0 Å². The number of benzene rings is 1. The van der Waals surface area contributed by atoms with Gasteiger partial charge in [-0.05, 0) is 24.8 Å². The molecule has 18 heavy (non-hydrogen) atoms. The van der Waals surface area contributed by atoms with E-state index in [0.29, 0.717) is 19.5 Å². The third-order valence-electron chi connectivity index (χ3n) is 3.32. The van der Waals surface area contributed by atoms with E-state index in [1.54, 1.807) is 4.90 Å². The number of aliphatic hydroxyl groups excluding tert-OH is 1. The highest BCUT2D eigenvalue weighted by molar-refractivity contribution is 5.82. The number of β-amino-alcohol motifs (C(OH)–C–C–N with tert-alkyl or cyclic N) is 1. The lowest BCUT2D eigenvalue weighted by Gasteiger charge is -2.32. The maximum absolute atomic E-state index is 12.1. The molecule has 3 N–H and O–H groups in total. The molecule has 1 aliphatic heterocycles. The van der Waals surface area contributed by atoms with E-state index in [9.17, 15) is 9.90 Å². The Kier molecular flexibility index (Phi) is 4.33. The molecule has 2 atom stereocenters. The molecule has 0 aromatic heterocycles. The van der Waals surface area contributed by atoms with Crippen LogP contribution in [0.4, 0.5) is 0 Å². The van der Waals surface area contributed by atoms with Gasteiger partial charge in [0, 0.05) is 13.1 Å². The maximum atomic E-state index is 12.1. The van der Waals surface area contributed by atoms with Crippen LogP contribution in [0.25, 0.3) is 0 Å². The zero-order chi connectivity index (χ0) is 13.0. The highest BCUT2D eigenvalue weighted by Crippen LogP contribution is 2.12. The Morgan fingerprint density at radius 3 is 2.83 bits per heavy atom. The largest absolute Gasteiger partial charge is 0.391 e. The summed E-state index contributed by atoms with van der Waals surface area (Å²) in [6.07, 6.45) is 1.78. The lowest BCUT2D eigenvalue weighted by atomic mass is 10.0. The van der Waals surface area contributed by atoms with Gasteiger partial charge in [-0.3, -0.25) is 4.79 Å². The fourth-order valence-corrected chi connectivity index (χ4v) is 2.34. The van der Waals surface area contributed by atoms with E-state index in [1.807, 2.05) is 30.3 Å². The normalized spacial score (nSPS) is 21.7. The van der Waals surface area contributed by atoms with Crippen molar-refractivity contribution in [2.24, 2.45) is 5.73 Å². The fraction of sp³-hybridized carbons (Fsp3) is 0.500. The predicted molar refractivity (Wildman–Crippen MR) is 69.9 cm³/mol. The highest BCUT2D eigenvalue weighted by atomic mass is 16.3. The van der Waals surface area contributed by atoms with E-state index in [4.69, 9.17) is 5.73 Å². The maximum Gasteiger partial charge on any atom is 0.239 e. The molecular weight excluding hydrogens is 228 g/mol. The first-order valence-corrected chi connectivity index (χ1v) is 6.43. The number of rotatable bonds is 3. The molecule has 0 unspecified atom stereocenters. The van der Waals surface area contributed by atoms with Gasteiger partial charge in [-0.1, -0.05) is 30.3 Å². The van der Waals surface area contributed by atoms with E-state index in [-0.39, 0.29) is 5.91 Å². The number of amides is 1.